The lowest BCUT2D eigenvalue weighted by Crippen LogP contribution is -2.26. The summed E-state index contributed by atoms with van der Waals surface area (Å²) in [6, 6.07) is 66.8. The zero-order chi connectivity index (χ0) is 40.1. The van der Waals surface area contributed by atoms with Crippen LogP contribution in [0.25, 0.3) is 55.3 Å². The van der Waals surface area contributed by atoms with Gasteiger partial charge in [0, 0.05) is 33.8 Å². The van der Waals surface area contributed by atoms with Crippen LogP contribution in [0.15, 0.2) is 180 Å². The Kier molecular flexibility index (Phi) is 7.89. The van der Waals surface area contributed by atoms with Gasteiger partial charge in [0.25, 0.3) is 0 Å². The number of nitrogens with zero attached hydrogens (tertiary/aromatic N) is 1. The maximum atomic E-state index is 6.58. The normalized spacial score (nSPS) is 16.3. The van der Waals surface area contributed by atoms with Gasteiger partial charge in [0.15, 0.2) is 0 Å². The summed E-state index contributed by atoms with van der Waals surface area (Å²) in [7, 11) is 0. The van der Waals surface area contributed by atoms with E-state index >= 15 is 0 Å². The zero-order valence-electron chi connectivity index (χ0n) is 34.4. The van der Waals surface area contributed by atoms with E-state index in [-0.39, 0.29) is 0 Å². The molecule has 0 saturated heterocycles. The number of para-hydroxylation sites is 2. The van der Waals surface area contributed by atoms with Gasteiger partial charge in [-0.3, -0.25) is 0 Å². The first kappa shape index (κ1) is 35.1. The van der Waals surface area contributed by atoms with Crippen molar-refractivity contribution in [3.63, 3.8) is 0 Å². The number of fused-ring (bicyclic) bond motifs is 13. The quantitative estimate of drug-likeness (QED) is 0.167. The summed E-state index contributed by atoms with van der Waals surface area (Å²) in [6.45, 7) is 0. The fourth-order valence-corrected chi connectivity index (χ4v) is 12.2. The van der Waals surface area contributed by atoms with Crippen molar-refractivity contribution in [2.75, 3.05) is 4.90 Å². The van der Waals surface area contributed by atoms with Gasteiger partial charge in [-0.2, -0.15) is 0 Å². The first-order chi connectivity index (χ1) is 30.2. The predicted octanol–water partition coefficient (Wildman–Crippen LogP) is 16.4. The molecule has 8 aromatic carbocycles. The Hall–Kier alpha value is -6.64. The average Bonchev–Trinajstić information content (AvgIpc) is 4.18. The van der Waals surface area contributed by atoms with E-state index in [0.29, 0.717) is 11.8 Å². The van der Waals surface area contributed by atoms with Crippen LogP contribution in [0.4, 0.5) is 17.1 Å². The molecule has 0 aliphatic heterocycles. The summed E-state index contributed by atoms with van der Waals surface area (Å²) in [6.07, 6.45) is 10.4. The molecule has 0 amide bonds. The van der Waals surface area contributed by atoms with Crippen molar-refractivity contribution >= 4 is 39.0 Å². The van der Waals surface area contributed by atoms with Gasteiger partial charge in [0.1, 0.15) is 11.2 Å². The molecule has 1 heterocycles. The Labute approximate surface area is 358 Å². The minimum Gasteiger partial charge on any atom is -0.456 e. The van der Waals surface area contributed by atoms with Gasteiger partial charge in [-0.05, 0) is 135 Å². The van der Waals surface area contributed by atoms with E-state index in [9.17, 15) is 0 Å². The Bertz CT molecular complexity index is 3110. The monoisotopic (exact) mass is 785 g/mol. The van der Waals surface area contributed by atoms with Crippen LogP contribution in [0.3, 0.4) is 0 Å². The number of hydrogen-bond donors (Lipinski definition) is 0. The Morgan fingerprint density at radius 3 is 1.64 bits per heavy atom. The highest BCUT2D eigenvalue weighted by Crippen LogP contribution is 2.64. The lowest BCUT2D eigenvalue weighted by atomic mass is 9.69. The summed E-state index contributed by atoms with van der Waals surface area (Å²) < 4.78 is 6.58. The van der Waals surface area contributed by atoms with Crippen molar-refractivity contribution in [1.29, 1.82) is 0 Å². The Balaban J connectivity index is 1.09. The summed E-state index contributed by atoms with van der Waals surface area (Å²) in [4.78, 5) is 2.48. The van der Waals surface area contributed by atoms with E-state index in [1.54, 1.807) is 0 Å². The minimum atomic E-state index is -0.441. The number of anilines is 3. The molecular formula is C59H47NO. The van der Waals surface area contributed by atoms with Crippen molar-refractivity contribution in [2.45, 2.75) is 68.6 Å². The van der Waals surface area contributed by atoms with Gasteiger partial charge in [-0.15, -0.1) is 0 Å². The zero-order valence-corrected chi connectivity index (χ0v) is 34.4. The lowest BCUT2D eigenvalue weighted by molar-refractivity contribution is 0.669. The van der Waals surface area contributed by atoms with E-state index in [2.05, 4.69) is 181 Å². The van der Waals surface area contributed by atoms with Gasteiger partial charge in [-0.1, -0.05) is 159 Å². The molecule has 13 rings (SSSR count). The van der Waals surface area contributed by atoms with Crippen LogP contribution in [0.5, 0.6) is 0 Å². The van der Waals surface area contributed by atoms with Gasteiger partial charge < -0.3 is 9.32 Å². The molecule has 2 heteroatoms. The molecule has 0 radical (unpaired) electrons. The van der Waals surface area contributed by atoms with Crippen molar-refractivity contribution in [3.05, 3.63) is 209 Å². The molecule has 1 spiro atoms. The molecule has 2 fully saturated rings. The Morgan fingerprint density at radius 2 is 0.918 bits per heavy atom. The van der Waals surface area contributed by atoms with Crippen LogP contribution in [-0.4, -0.2) is 0 Å². The molecular weight excluding hydrogens is 739 g/mol. The van der Waals surface area contributed by atoms with Crippen molar-refractivity contribution in [3.8, 4) is 33.4 Å². The highest BCUT2D eigenvalue weighted by atomic mass is 16.3. The molecule has 61 heavy (non-hydrogen) atoms. The molecule has 0 atom stereocenters. The largest absolute Gasteiger partial charge is 0.456 e. The fourth-order valence-electron chi connectivity index (χ4n) is 12.2. The first-order valence-electron chi connectivity index (χ1n) is 22.6. The molecule has 294 valence electrons. The number of rotatable bonds is 6. The minimum absolute atomic E-state index is 0.441. The molecule has 2 nitrogen and oxygen atoms in total. The smallest absolute Gasteiger partial charge is 0.137 e. The van der Waals surface area contributed by atoms with Crippen molar-refractivity contribution in [1.82, 2.24) is 0 Å². The summed E-state index contributed by atoms with van der Waals surface area (Å²) >= 11 is 0. The standard InChI is InChI=1S/C59H47NO/c1-2-18-40(19-3-1)45-20-9-12-24-56(45)60(44-29-33-51-50-22-10-13-25-57(50)61-58(51)37-44)43-28-32-49-46-21-8-11-23-52(46)59(55(49)36-43)53-34-41(38-14-4-5-15-38)26-30-47(53)48-31-27-42(35-54(48)59)39-16-6-7-17-39/h1-3,8-13,18-39H,4-7,14-17H2. The molecule has 1 aromatic heterocycles. The van der Waals surface area contributed by atoms with Crippen LogP contribution in [0.2, 0.25) is 0 Å². The highest BCUT2D eigenvalue weighted by Gasteiger charge is 2.52. The van der Waals surface area contributed by atoms with E-state index in [0.717, 1.165) is 39.0 Å². The highest BCUT2D eigenvalue weighted by molar-refractivity contribution is 6.06. The third-order valence-corrected chi connectivity index (χ3v) is 15.0. The van der Waals surface area contributed by atoms with E-state index in [4.69, 9.17) is 4.42 Å². The fraction of sp³-hybridized carbons (Fsp3) is 0.186. The summed E-state index contributed by atoms with van der Waals surface area (Å²) in [5.41, 5.74) is 21.3. The van der Waals surface area contributed by atoms with Crippen LogP contribution in [0.1, 0.15) is 96.6 Å². The molecule has 2 saturated carbocycles. The second-order valence-electron chi connectivity index (χ2n) is 18.1. The van der Waals surface area contributed by atoms with Crippen molar-refractivity contribution < 1.29 is 4.42 Å². The molecule has 0 N–H and O–H groups in total. The van der Waals surface area contributed by atoms with Crippen LogP contribution in [-0.2, 0) is 5.41 Å². The van der Waals surface area contributed by atoms with Crippen molar-refractivity contribution in [2.24, 2.45) is 0 Å². The Morgan fingerprint density at radius 1 is 0.393 bits per heavy atom. The summed E-state index contributed by atoms with van der Waals surface area (Å²) in [5, 5.41) is 2.28. The van der Waals surface area contributed by atoms with E-state index in [1.807, 2.05) is 0 Å². The predicted molar refractivity (Wildman–Crippen MR) is 253 cm³/mol. The van der Waals surface area contributed by atoms with Crippen LogP contribution in [0, 0.1) is 0 Å². The van der Waals surface area contributed by atoms with Gasteiger partial charge in [0.05, 0.1) is 11.1 Å². The van der Waals surface area contributed by atoms with Gasteiger partial charge in [0.2, 0.25) is 0 Å². The second-order valence-corrected chi connectivity index (χ2v) is 18.1. The van der Waals surface area contributed by atoms with Gasteiger partial charge in [-0.25, -0.2) is 0 Å². The SMILES string of the molecule is c1ccc(-c2ccccc2N(c2ccc3c(c2)C2(c4ccccc4-3)c3cc(C4CCCC4)ccc3-c3ccc(C4CCCC4)cc32)c2ccc3c(c2)oc2ccccc23)cc1. The number of hydrogen-bond acceptors (Lipinski definition) is 2. The molecule has 4 aliphatic rings. The molecule has 4 aliphatic carbocycles. The van der Waals surface area contributed by atoms with Crippen LogP contribution < -0.4 is 4.90 Å². The van der Waals surface area contributed by atoms with E-state index in [1.165, 1.54) is 118 Å². The number of benzene rings is 8. The average molecular weight is 786 g/mol. The molecule has 0 unspecified atom stereocenters. The second kappa shape index (κ2) is 13.7. The van der Waals surface area contributed by atoms with Crippen LogP contribution >= 0.6 is 0 Å². The third kappa shape index (κ3) is 5.21. The van der Waals surface area contributed by atoms with E-state index < -0.39 is 5.41 Å². The molecule has 9 aromatic rings. The maximum absolute atomic E-state index is 6.58. The summed E-state index contributed by atoms with van der Waals surface area (Å²) in [5.74, 6) is 1.25. The maximum Gasteiger partial charge on any atom is 0.137 e. The third-order valence-electron chi connectivity index (χ3n) is 15.0. The first-order valence-corrected chi connectivity index (χ1v) is 22.6. The molecule has 0 bridgehead atoms. The van der Waals surface area contributed by atoms with Gasteiger partial charge >= 0.3 is 0 Å². The number of furan rings is 1. The lowest BCUT2D eigenvalue weighted by Gasteiger charge is -2.33. The topological polar surface area (TPSA) is 16.4 Å².